The van der Waals surface area contributed by atoms with Gasteiger partial charge in [0.15, 0.2) is 0 Å². The van der Waals surface area contributed by atoms with Crippen LogP contribution in [0.3, 0.4) is 0 Å². The molecule has 2 fully saturated rings. The summed E-state index contributed by atoms with van der Waals surface area (Å²) in [6, 6.07) is 1.06. The first kappa shape index (κ1) is 13.8. The molecule has 0 aromatic carbocycles. The van der Waals surface area contributed by atoms with Crippen molar-refractivity contribution >= 4 is 5.91 Å². The molecule has 0 aromatic heterocycles. The second kappa shape index (κ2) is 7.10. The van der Waals surface area contributed by atoms with Gasteiger partial charge in [0.25, 0.3) is 0 Å². The summed E-state index contributed by atoms with van der Waals surface area (Å²) in [4.78, 5) is 14.2. The second-order valence-electron chi connectivity index (χ2n) is 5.72. The van der Waals surface area contributed by atoms with Crippen LogP contribution in [-0.2, 0) is 4.79 Å². The van der Waals surface area contributed by atoms with E-state index in [1.54, 1.807) is 0 Å². The van der Waals surface area contributed by atoms with Crippen LogP contribution in [0.5, 0.6) is 0 Å². The van der Waals surface area contributed by atoms with E-state index < -0.39 is 0 Å². The number of hydrogen-bond donors (Lipinski definition) is 2. The zero-order chi connectivity index (χ0) is 12.8. The predicted molar refractivity (Wildman–Crippen MR) is 73.5 cm³/mol. The fourth-order valence-electron chi connectivity index (χ4n) is 2.65. The van der Waals surface area contributed by atoms with Crippen molar-refractivity contribution < 1.29 is 4.79 Å². The van der Waals surface area contributed by atoms with Crippen LogP contribution in [0, 0.1) is 0 Å². The molecule has 2 N–H and O–H groups in total. The maximum Gasteiger partial charge on any atom is 0.234 e. The number of carbonyl (C=O) groups is 1. The molecule has 1 aliphatic heterocycles. The Morgan fingerprint density at radius 1 is 1.33 bits per heavy atom. The Kier molecular flexibility index (Phi) is 5.45. The fourth-order valence-corrected chi connectivity index (χ4v) is 2.65. The van der Waals surface area contributed by atoms with E-state index in [4.69, 9.17) is 0 Å². The van der Waals surface area contributed by atoms with Gasteiger partial charge in [0.05, 0.1) is 6.54 Å². The van der Waals surface area contributed by atoms with Crippen LogP contribution in [0.25, 0.3) is 0 Å². The van der Waals surface area contributed by atoms with Gasteiger partial charge in [-0.15, -0.1) is 0 Å². The van der Waals surface area contributed by atoms with Crippen LogP contribution < -0.4 is 10.6 Å². The second-order valence-corrected chi connectivity index (χ2v) is 5.72. The zero-order valence-electron chi connectivity index (χ0n) is 11.6. The molecule has 18 heavy (non-hydrogen) atoms. The summed E-state index contributed by atoms with van der Waals surface area (Å²) in [7, 11) is 0. The molecule has 1 saturated carbocycles. The molecular formula is C14H27N3O. The SMILES string of the molecule is CCCN(CC(=O)NC1CC1)CC1CCCCN1. The molecule has 104 valence electrons. The lowest BCUT2D eigenvalue weighted by molar-refractivity contribution is -0.122. The third-order valence-electron chi connectivity index (χ3n) is 3.74. The molecule has 0 aromatic rings. The van der Waals surface area contributed by atoms with Crippen molar-refractivity contribution in [3.8, 4) is 0 Å². The molecule has 2 aliphatic rings. The predicted octanol–water partition coefficient (Wildman–Crippen LogP) is 1.12. The molecule has 0 radical (unpaired) electrons. The van der Waals surface area contributed by atoms with Crippen LogP contribution in [0.4, 0.5) is 0 Å². The van der Waals surface area contributed by atoms with Gasteiger partial charge in [0.1, 0.15) is 0 Å². The quantitative estimate of drug-likeness (QED) is 0.714. The molecule has 4 heteroatoms. The maximum absolute atomic E-state index is 11.8. The van der Waals surface area contributed by atoms with Gasteiger partial charge in [0.2, 0.25) is 5.91 Å². The normalized spacial score (nSPS) is 24.2. The Hall–Kier alpha value is -0.610. The lowest BCUT2D eigenvalue weighted by atomic mass is 10.0. The number of nitrogens with zero attached hydrogens (tertiary/aromatic N) is 1. The Bertz CT molecular complexity index is 260. The lowest BCUT2D eigenvalue weighted by Gasteiger charge is -2.30. The molecule has 1 amide bonds. The number of hydrogen-bond acceptors (Lipinski definition) is 3. The van der Waals surface area contributed by atoms with Crippen molar-refractivity contribution in [3.05, 3.63) is 0 Å². The Morgan fingerprint density at radius 2 is 2.17 bits per heavy atom. The molecule has 1 saturated heterocycles. The van der Waals surface area contributed by atoms with E-state index in [9.17, 15) is 4.79 Å². The highest BCUT2D eigenvalue weighted by Gasteiger charge is 2.24. The molecule has 1 heterocycles. The number of nitrogens with one attached hydrogen (secondary N) is 2. The number of carbonyl (C=O) groups excluding carboxylic acids is 1. The maximum atomic E-state index is 11.8. The smallest absolute Gasteiger partial charge is 0.234 e. The summed E-state index contributed by atoms with van der Waals surface area (Å²) in [6.07, 6.45) is 7.33. The van der Waals surface area contributed by atoms with Gasteiger partial charge in [-0.3, -0.25) is 9.69 Å². The first-order chi connectivity index (χ1) is 8.78. The van der Waals surface area contributed by atoms with Crippen LogP contribution in [0.2, 0.25) is 0 Å². The van der Waals surface area contributed by atoms with Crippen molar-refractivity contribution in [2.45, 2.75) is 57.5 Å². The molecule has 1 atom stereocenters. The standard InChI is InChI=1S/C14H27N3O/c1-2-9-17(10-13-5-3-4-8-15-13)11-14(18)16-12-6-7-12/h12-13,15H,2-11H2,1H3,(H,16,18). The van der Waals surface area contributed by atoms with Crippen LogP contribution in [-0.4, -0.2) is 49.1 Å². The highest BCUT2D eigenvalue weighted by atomic mass is 16.2. The molecule has 0 bridgehead atoms. The average molecular weight is 253 g/mol. The monoisotopic (exact) mass is 253 g/mol. The van der Waals surface area contributed by atoms with Crippen LogP contribution in [0.15, 0.2) is 0 Å². The van der Waals surface area contributed by atoms with E-state index >= 15 is 0 Å². The minimum absolute atomic E-state index is 0.210. The summed E-state index contributed by atoms with van der Waals surface area (Å²) in [5, 5.41) is 6.64. The molecular weight excluding hydrogens is 226 g/mol. The Balaban J connectivity index is 1.72. The van der Waals surface area contributed by atoms with Gasteiger partial charge in [-0.2, -0.15) is 0 Å². The topological polar surface area (TPSA) is 44.4 Å². The van der Waals surface area contributed by atoms with E-state index in [2.05, 4.69) is 22.5 Å². The van der Waals surface area contributed by atoms with Crippen molar-refractivity contribution in [1.82, 2.24) is 15.5 Å². The van der Waals surface area contributed by atoms with Crippen LogP contribution in [0.1, 0.15) is 45.4 Å². The number of amides is 1. The molecule has 1 unspecified atom stereocenters. The molecule has 0 spiro atoms. The summed E-state index contributed by atoms with van der Waals surface area (Å²) < 4.78 is 0. The summed E-state index contributed by atoms with van der Waals surface area (Å²) in [5.41, 5.74) is 0. The van der Waals surface area contributed by atoms with Crippen molar-refractivity contribution in [1.29, 1.82) is 0 Å². The van der Waals surface area contributed by atoms with Crippen molar-refractivity contribution in [2.75, 3.05) is 26.2 Å². The van der Waals surface area contributed by atoms with Gasteiger partial charge < -0.3 is 10.6 Å². The van der Waals surface area contributed by atoms with E-state index in [1.807, 2.05) is 0 Å². The third kappa shape index (κ3) is 4.94. The summed E-state index contributed by atoms with van der Waals surface area (Å²) in [5.74, 6) is 0.210. The largest absolute Gasteiger partial charge is 0.352 e. The lowest BCUT2D eigenvalue weighted by Crippen LogP contribution is -2.47. The van der Waals surface area contributed by atoms with Crippen molar-refractivity contribution in [3.63, 3.8) is 0 Å². The van der Waals surface area contributed by atoms with Gasteiger partial charge in [-0.25, -0.2) is 0 Å². The molecule has 1 aliphatic carbocycles. The van der Waals surface area contributed by atoms with Gasteiger partial charge in [-0.05, 0) is 45.2 Å². The van der Waals surface area contributed by atoms with E-state index in [0.717, 1.165) is 26.1 Å². The Morgan fingerprint density at radius 3 is 2.78 bits per heavy atom. The number of rotatable bonds is 7. The van der Waals surface area contributed by atoms with E-state index in [0.29, 0.717) is 18.6 Å². The highest BCUT2D eigenvalue weighted by molar-refractivity contribution is 5.78. The third-order valence-corrected chi connectivity index (χ3v) is 3.74. The summed E-state index contributed by atoms with van der Waals surface area (Å²) >= 11 is 0. The minimum Gasteiger partial charge on any atom is -0.352 e. The highest BCUT2D eigenvalue weighted by Crippen LogP contribution is 2.18. The van der Waals surface area contributed by atoms with Crippen LogP contribution >= 0.6 is 0 Å². The molecule has 2 rings (SSSR count). The first-order valence-electron chi connectivity index (χ1n) is 7.53. The average Bonchev–Trinajstić information content (AvgIpc) is 3.14. The summed E-state index contributed by atoms with van der Waals surface area (Å²) in [6.45, 7) is 5.93. The fraction of sp³-hybridized carbons (Fsp3) is 0.929. The zero-order valence-corrected chi connectivity index (χ0v) is 11.6. The Labute approximate surface area is 110 Å². The van der Waals surface area contributed by atoms with Crippen molar-refractivity contribution in [2.24, 2.45) is 0 Å². The minimum atomic E-state index is 0.210. The van der Waals surface area contributed by atoms with Gasteiger partial charge in [0, 0.05) is 18.6 Å². The van der Waals surface area contributed by atoms with Gasteiger partial charge in [-0.1, -0.05) is 13.3 Å². The van der Waals surface area contributed by atoms with E-state index in [1.165, 1.54) is 32.1 Å². The van der Waals surface area contributed by atoms with E-state index in [-0.39, 0.29) is 5.91 Å². The van der Waals surface area contributed by atoms with Gasteiger partial charge >= 0.3 is 0 Å². The number of piperidine rings is 1. The molecule has 4 nitrogen and oxygen atoms in total. The first-order valence-corrected chi connectivity index (χ1v) is 7.53.